The van der Waals surface area contributed by atoms with Gasteiger partial charge in [-0.3, -0.25) is 0 Å². The van der Waals surface area contributed by atoms with Gasteiger partial charge in [0.05, 0.1) is 6.20 Å². The van der Waals surface area contributed by atoms with Crippen LogP contribution in [0.15, 0.2) is 128 Å². The fourth-order valence-corrected chi connectivity index (χ4v) is 6.40. The van der Waals surface area contributed by atoms with Crippen LogP contribution in [0.25, 0.3) is 27.9 Å². The van der Waals surface area contributed by atoms with Crippen LogP contribution < -0.4 is 25.5 Å². The third-order valence-corrected chi connectivity index (χ3v) is 8.27. The summed E-state index contributed by atoms with van der Waals surface area (Å²) in [5.74, 6) is 0. The molecule has 3 aliphatic rings. The summed E-state index contributed by atoms with van der Waals surface area (Å²) in [7, 11) is 0. The van der Waals surface area contributed by atoms with E-state index < -0.39 is 0 Å². The first kappa shape index (κ1) is 25.8. The topological polar surface area (TPSA) is 40.4 Å². The van der Waals surface area contributed by atoms with Gasteiger partial charge in [0, 0.05) is 44.3 Å². The van der Waals surface area contributed by atoms with E-state index >= 15 is 0 Å². The Morgan fingerprint density at radius 3 is 1.88 bits per heavy atom. The molecule has 0 radical (unpaired) electrons. The number of aromatic nitrogens is 3. The number of rotatable bonds is 3. The summed E-state index contributed by atoms with van der Waals surface area (Å²) in [5.41, 5.74) is 12.3. The van der Waals surface area contributed by atoms with Gasteiger partial charge >= 0.3 is 0 Å². The Balaban J connectivity index is 0.00000278. The quantitative estimate of drug-likeness (QED) is 0.173. The summed E-state index contributed by atoms with van der Waals surface area (Å²) < 4.78 is 1.77. The Morgan fingerprint density at radius 1 is 0.605 bits per heavy atom. The predicted molar refractivity (Wildman–Crippen MR) is 168 cm³/mol. The molecule has 6 nitrogen and oxygen atoms in total. The summed E-state index contributed by atoms with van der Waals surface area (Å²) in [6, 6.07) is 44.0. The Hall–Kier alpha value is -4.87. The van der Waals surface area contributed by atoms with E-state index in [4.69, 9.17) is 0 Å². The molecule has 0 unspecified atom stereocenters. The summed E-state index contributed by atoms with van der Waals surface area (Å²) in [4.78, 5) is 6.71. The van der Waals surface area contributed by atoms with Gasteiger partial charge in [-0.15, -0.1) is 40.7 Å². The average Bonchev–Trinajstić information content (AvgIpc) is 3.78. The molecule has 1 aromatic heterocycles. The van der Waals surface area contributed by atoms with E-state index in [1.165, 1.54) is 33.6 Å². The Bertz CT molecular complexity index is 2010. The molecular weight excluding hydrogens is 710 g/mol. The molecule has 6 aromatic rings. The second kappa shape index (κ2) is 10.1. The van der Waals surface area contributed by atoms with Gasteiger partial charge in [0.25, 0.3) is 6.85 Å². The van der Waals surface area contributed by atoms with Crippen LogP contribution in [0.5, 0.6) is 0 Å². The van der Waals surface area contributed by atoms with Crippen LogP contribution in [0.2, 0.25) is 0 Å². The third-order valence-electron chi connectivity index (χ3n) is 8.27. The van der Waals surface area contributed by atoms with Crippen molar-refractivity contribution in [2.24, 2.45) is 0 Å². The van der Waals surface area contributed by atoms with Gasteiger partial charge < -0.3 is 14.6 Å². The second-order valence-corrected chi connectivity index (χ2v) is 10.6. The van der Waals surface area contributed by atoms with Gasteiger partial charge in [-0.05, 0) is 42.4 Å². The van der Waals surface area contributed by atoms with Gasteiger partial charge in [-0.1, -0.05) is 70.9 Å². The molecule has 9 rings (SSSR count). The Morgan fingerprint density at radius 2 is 1.21 bits per heavy atom. The standard InChI is InChI=1S/C35H22BN6.Pt/c1-2-8-25(9-3-1)39-20-21-40(24-39)26-14-16-28-30-10-4-6-12-34(30)42-35-13-7-5-11-31(35)29-17-15-27(41-19-18-37-38-41)23-33(29)36(42)32(28)22-26;/h1-21,24H;/q-3;. The zero-order valence-corrected chi connectivity index (χ0v) is 25.1. The van der Waals surface area contributed by atoms with Crippen molar-refractivity contribution in [2.75, 3.05) is 14.6 Å². The first-order chi connectivity index (χ1) is 20.8. The van der Waals surface area contributed by atoms with E-state index in [2.05, 4.69) is 153 Å². The van der Waals surface area contributed by atoms with E-state index in [0.717, 1.165) is 28.0 Å². The summed E-state index contributed by atoms with van der Waals surface area (Å²) in [5, 5.41) is 8.29. The van der Waals surface area contributed by atoms with Crippen molar-refractivity contribution in [2.45, 2.75) is 0 Å². The number of fused-ring (bicyclic) bond motifs is 11. The maximum atomic E-state index is 4.25. The molecule has 0 amide bonds. The molecule has 5 aromatic carbocycles. The summed E-state index contributed by atoms with van der Waals surface area (Å²) >= 11 is 0. The monoisotopic (exact) mass is 732 g/mol. The second-order valence-electron chi connectivity index (χ2n) is 10.6. The van der Waals surface area contributed by atoms with Gasteiger partial charge in [-0.25, -0.2) is 4.68 Å². The number of anilines is 4. The van der Waals surface area contributed by atoms with Crippen molar-refractivity contribution >= 4 is 40.5 Å². The summed E-state index contributed by atoms with van der Waals surface area (Å²) in [6.45, 7) is 1.97. The van der Waals surface area contributed by atoms with Crippen LogP contribution in [0, 0.1) is 18.8 Å². The van der Waals surface area contributed by atoms with E-state index in [1.807, 2.05) is 12.3 Å². The van der Waals surface area contributed by atoms with E-state index in [-0.39, 0.29) is 27.9 Å². The minimum Gasteiger partial charge on any atom is -0.500 e. The Kier molecular flexibility index (Phi) is 6.09. The minimum atomic E-state index is -0.125. The zero-order valence-electron chi connectivity index (χ0n) is 22.8. The molecule has 0 bridgehead atoms. The number of nitrogens with zero attached hydrogens (tertiary/aromatic N) is 6. The molecule has 208 valence electrons. The van der Waals surface area contributed by atoms with E-state index in [1.54, 1.807) is 10.9 Å². The molecule has 4 heterocycles. The predicted octanol–water partition coefficient (Wildman–Crippen LogP) is 5.69. The largest absolute Gasteiger partial charge is 0.500 e. The molecule has 0 saturated heterocycles. The van der Waals surface area contributed by atoms with Crippen LogP contribution >= 0.6 is 0 Å². The number of hydrogen-bond acceptors (Lipinski definition) is 5. The fourth-order valence-electron chi connectivity index (χ4n) is 6.40. The molecular formula is C35H22BN6Pt-3. The van der Waals surface area contributed by atoms with E-state index in [0.29, 0.717) is 0 Å². The molecule has 3 aliphatic heterocycles. The molecule has 43 heavy (non-hydrogen) atoms. The van der Waals surface area contributed by atoms with Crippen LogP contribution in [0.4, 0.5) is 22.7 Å². The van der Waals surface area contributed by atoms with Crippen molar-refractivity contribution in [3.63, 3.8) is 0 Å². The van der Waals surface area contributed by atoms with Crippen LogP contribution in [0.1, 0.15) is 0 Å². The van der Waals surface area contributed by atoms with Crippen molar-refractivity contribution < 1.29 is 21.1 Å². The van der Waals surface area contributed by atoms with Gasteiger partial charge in [0.1, 0.15) is 0 Å². The molecule has 8 heteroatoms. The molecule has 0 saturated carbocycles. The minimum absolute atomic E-state index is 0. The van der Waals surface area contributed by atoms with Crippen LogP contribution in [-0.2, 0) is 21.1 Å². The molecule has 0 fully saturated rings. The van der Waals surface area contributed by atoms with E-state index in [9.17, 15) is 0 Å². The molecule has 0 atom stereocenters. The fraction of sp³-hybridized carbons (Fsp3) is 0. The number of hydrogen-bond donors (Lipinski definition) is 0. The smallest absolute Gasteiger partial charge is 0.278 e. The normalized spacial score (nSPS) is 14.0. The van der Waals surface area contributed by atoms with Gasteiger partial charge in [-0.2, -0.15) is 35.2 Å². The zero-order chi connectivity index (χ0) is 27.6. The molecule has 0 N–H and O–H groups in total. The van der Waals surface area contributed by atoms with Crippen LogP contribution in [0.3, 0.4) is 0 Å². The maximum absolute atomic E-state index is 4.25. The van der Waals surface area contributed by atoms with Gasteiger partial charge in [0.15, 0.2) is 0 Å². The van der Waals surface area contributed by atoms with Crippen molar-refractivity contribution in [1.82, 2.24) is 15.0 Å². The number of para-hydroxylation sites is 3. The average molecular weight is 732 g/mol. The first-order valence-electron chi connectivity index (χ1n) is 14.0. The molecule has 0 spiro atoms. The first-order valence-corrected chi connectivity index (χ1v) is 14.0. The maximum Gasteiger partial charge on any atom is 0.278 e. The van der Waals surface area contributed by atoms with Crippen LogP contribution in [-0.4, -0.2) is 21.8 Å². The van der Waals surface area contributed by atoms with Crippen molar-refractivity contribution in [3.8, 4) is 27.9 Å². The van der Waals surface area contributed by atoms with Crippen molar-refractivity contribution in [1.29, 1.82) is 0 Å². The SMILES string of the molecule is [Pt].[c-]1c(N2C=CN(c3ccccc3)[CH-]2)ccc2c1B1c3[c-]c(-n4ccnn4)ccc3-c3ccccc3N1c1ccccc1-2. The third kappa shape index (κ3) is 3.99. The molecule has 0 aliphatic carbocycles. The number of benzene rings is 5. The Labute approximate surface area is 264 Å². The summed E-state index contributed by atoms with van der Waals surface area (Å²) in [6.07, 6.45) is 7.71. The van der Waals surface area contributed by atoms with Crippen molar-refractivity contribution in [3.05, 3.63) is 147 Å². The van der Waals surface area contributed by atoms with Gasteiger partial charge in [0.2, 0.25) is 0 Å².